The van der Waals surface area contributed by atoms with E-state index in [1.165, 1.54) is 12.8 Å². The van der Waals surface area contributed by atoms with Crippen LogP contribution in [0, 0.1) is 0 Å². The second kappa shape index (κ2) is 3.35. The molecule has 0 amide bonds. The normalized spacial score (nSPS) is 50.5. The minimum absolute atomic E-state index is 0.0555. The van der Waals surface area contributed by atoms with Gasteiger partial charge in [0, 0.05) is 17.5 Å². The van der Waals surface area contributed by atoms with E-state index < -0.39 is 0 Å². The summed E-state index contributed by atoms with van der Waals surface area (Å²) in [4.78, 5) is 0. The molecule has 13 heavy (non-hydrogen) atoms. The van der Waals surface area contributed by atoms with Crippen LogP contribution in [-0.4, -0.2) is 28.3 Å². The maximum Gasteiger partial charge on any atom is 0.0970 e. The number of hydrogen-bond acceptors (Lipinski definition) is 2. The van der Waals surface area contributed by atoms with Gasteiger partial charge < -0.3 is 9.47 Å². The summed E-state index contributed by atoms with van der Waals surface area (Å²) in [5.74, 6) is 0. The van der Waals surface area contributed by atoms with Crippen LogP contribution in [0.3, 0.4) is 0 Å². The highest BCUT2D eigenvalue weighted by Gasteiger charge is 2.52. The molecule has 3 heteroatoms. The highest BCUT2D eigenvalue weighted by atomic mass is 127. The lowest BCUT2D eigenvalue weighted by atomic mass is 9.92. The maximum atomic E-state index is 6.23. The van der Waals surface area contributed by atoms with Crippen molar-refractivity contribution >= 4 is 22.6 Å². The first kappa shape index (κ1) is 10.2. The molecular weight excluding hydrogens is 279 g/mol. The number of halogens is 1. The molecule has 3 unspecified atom stereocenters. The first-order valence-corrected chi connectivity index (χ1v) is 6.51. The predicted octanol–water partition coefficient (Wildman–Crippen LogP) is 2.54. The molecule has 2 aliphatic rings. The molecule has 2 saturated heterocycles. The molecule has 76 valence electrons. The molecule has 0 bridgehead atoms. The van der Waals surface area contributed by atoms with Crippen molar-refractivity contribution in [1.82, 2.24) is 0 Å². The van der Waals surface area contributed by atoms with Crippen molar-refractivity contribution in [3.8, 4) is 0 Å². The standard InChI is InChI=1S/C10H17IO2/c1-8-10(5-6-12-8)4-3-9(2,7-11)13-10/h8H,3-7H2,1-2H3. The zero-order chi connectivity index (χ0) is 9.53. The third-order valence-corrected chi connectivity index (χ3v) is 5.06. The molecule has 2 aliphatic heterocycles. The van der Waals surface area contributed by atoms with Gasteiger partial charge in [-0.1, -0.05) is 22.6 Å². The fourth-order valence-corrected chi connectivity index (χ4v) is 2.93. The Morgan fingerprint density at radius 1 is 1.38 bits per heavy atom. The molecule has 2 nitrogen and oxygen atoms in total. The van der Waals surface area contributed by atoms with Crippen LogP contribution in [0.1, 0.15) is 33.1 Å². The van der Waals surface area contributed by atoms with Crippen molar-refractivity contribution in [2.45, 2.75) is 50.4 Å². The monoisotopic (exact) mass is 296 g/mol. The minimum Gasteiger partial charge on any atom is -0.375 e. The van der Waals surface area contributed by atoms with E-state index in [4.69, 9.17) is 9.47 Å². The van der Waals surface area contributed by atoms with Crippen LogP contribution in [0.5, 0.6) is 0 Å². The molecule has 0 saturated carbocycles. The molecular formula is C10H17IO2. The Bertz CT molecular complexity index is 209. The third-order valence-electron chi connectivity index (χ3n) is 3.44. The Morgan fingerprint density at radius 2 is 2.15 bits per heavy atom. The van der Waals surface area contributed by atoms with Gasteiger partial charge in [0.15, 0.2) is 0 Å². The number of hydrogen-bond donors (Lipinski definition) is 0. The quantitative estimate of drug-likeness (QED) is 0.547. The molecule has 0 aromatic heterocycles. The van der Waals surface area contributed by atoms with Gasteiger partial charge in [-0.25, -0.2) is 0 Å². The minimum atomic E-state index is 0.0555. The lowest BCUT2D eigenvalue weighted by Gasteiger charge is -2.31. The summed E-state index contributed by atoms with van der Waals surface area (Å²) in [6.45, 7) is 5.24. The van der Waals surface area contributed by atoms with Crippen molar-refractivity contribution < 1.29 is 9.47 Å². The average Bonchev–Trinajstić information content (AvgIpc) is 2.62. The zero-order valence-corrected chi connectivity index (χ0v) is 10.5. The summed E-state index contributed by atoms with van der Waals surface area (Å²) in [6, 6.07) is 0. The van der Waals surface area contributed by atoms with Crippen molar-refractivity contribution in [2.24, 2.45) is 0 Å². The highest BCUT2D eigenvalue weighted by Crippen LogP contribution is 2.46. The number of alkyl halides is 1. The molecule has 2 rings (SSSR count). The number of ether oxygens (including phenoxy) is 2. The molecule has 2 fully saturated rings. The van der Waals surface area contributed by atoms with Crippen LogP contribution in [0.25, 0.3) is 0 Å². The van der Waals surface area contributed by atoms with Gasteiger partial charge in [-0.05, 0) is 26.7 Å². The van der Waals surface area contributed by atoms with Gasteiger partial charge in [0.1, 0.15) is 0 Å². The van der Waals surface area contributed by atoms with Crippen molar-refractivity contribution in [3.63, 3.8) is 0 Å². The molecule has 0 radical (unpaired) electrons. The smallest absolute Gasteiger partial charge is 0.0970 e. The Kier molecular flexibility index (Phi) is 2.62. The van der Waals surface area contributed by atoms with Gasteiger partial charge in [-0.15, -0.1) is 0 Å². The Labute approximate surface area is 93.5 Å². The van der Waals surface area contributed by atoms with E-state index in [1.807, 2.05) is 0 Å². The predicted molar refractivity (Wildman–Crippen MR) is 60.4 cm³/mol. The average molecular weight is 296 g/mol. The van der Waals surface area contributed by atoms with Gasteiger partial charge in [-0.2, -0.15) is 0 Å². The molecule has 2 heterocycles. The van der Waals surface area contributed by atoms with E-state index in [-0.39, 0.29) is 17.3 Å². The third kappa shape index (κ3) is 1.63. The van der Waals surface area contributed by atoms with E-state index in [0.29, 0.717) is 0 Å². The van der Waals surface area contributed by atoms with Crippen LogP contribution in [-0.2, 0) is 9.47 Å². The van der Waals surface area contributed by atoms with Crippen LogP contribution in [0.4, 0.5) is 0 Å². The van der Waals surface area contributed by atoms with Crippen molar-refractivity contribution in [1.29, 1.82) is 0 Å². The fraction of sp³-hybridized carbons (Fsp3) is 1.00. The molecule has 0 aliphatic carbocycles. The summed E-state index contributed by atoms with van der Waals surface area (Å²) in [7, 11) is 0. The topological polar surface area (TPSA) is 18.5 Å². The van der Waals surface area contributed by atoms with E-state index in [9.17, 15) is 0 Å². The summed E-state index contributed by atoms with van der Waals surface area (Å²) in [5, 5.41) is 0. The van der Waals surface area contributed by atoms with Gasteiger partial charge >= 0.3 is 0 Å². The second-order valence-corrected chi connectivity index (χ2v) is 5.28. The molecule has 1 spiro atoms. The summed E-state index contributed by atoms with van der Waals surface area (Å²) in [5.41, 5.74) is 0.155. The van der Waals surface area contributed by atoms with Crippen molar-refractivity contribution in [3.05, 3.63) is 0 Å². The number of rotatable bonds is 1. The van der Waals surface area contributed by atoms with Gasteiger partial charge in [0.05, 0.1) is 17.3 Å². The highest BCUT2D eigenvalue weighted by molar-refractivity contribution is 14.1. The Hall–Kier alpha value is 0.650. The van der Waals surface area contributed by atoms with E-state index >= 15 is 0 Å². The van der Waals surface area contributed by atoms with Crippen LogP contribution < -0.4 is 0 Å². The molecule has 3 atom stereocenters. The van der Waals surface area contributed by atoms with Crippen LogP contribution >= 0.6 is 22.6 Å². The first-order chi connectivity index (χ1) is 6.10. The van der Waals surface area contributed by atoms with Crippen LogP contribution in [0.2, 0.25) is 0 Å². The van der Waals surface area contributed by atoms with Crippen molar-refractivity contribution in [2.75, 3.05) is 11.0 Å². The fourth-order valence-electron chi connectivity index (χ4n) is 2.39. The molecule has 0 N–H and O–H groups in total. The summed E-state index contributed by atoms with van der Waals surface area (Å²) < 4.78 is 12.9. The van der Waals surface area contributed by atoms with E-state index in [2.05, 4.69) is 36.4 Å². The lowest BCUT2D eigenvalue weighted by molar-refractivity contribution is -0.109. The van der Waals surface area contributed by atoms with Gasteiger partial charge in [0.2, 0.25) is 0 Å². The largest absolute Gasteiger partial charge is 0.375 e. The summed E-state index contributed by atoms with van der Waals surface area (Å²) in [6.07, 6.45) is 3.73. The van der Waals surface area contributed by atoms with E-state index in [1.54, 1.807) is 0 Å². The van der Waals surface area contributed by atoms with Crippen LogP contribution in [0.15, 0.2) is 0 Å². The Morgan fingerprint density at radius 3 is 2.62 bits per heavy atom. The van der Waals surface area contributed by atoms with Gasteiger partial charge in [0.25, 0.3) is 0 Å². The lowest BCUT2D eigenvalue weighted by Crippen LogP contribution is -2.39. The van der Waals surface area contributed by atoms with Gasteiger partial charge in [-0.3, -0.25) is 0 Å². The summed E-state index contributed by atoms with van der Waals surface area (Å²) >= 11 is 2.42. The van der Waals surface area contributed by atoms with E-state index in [0.717, 1.165) is 17.5 Å². The maximum absolute atomic E-state index is 6.23. The Balaban J connectivity index is 2.11. The second-order valence-electron chi connectivity index (χ2n) is 4.51. The molecule has 0 aromatic rings. The first-order valence-electron chi connectivity index (χ1n) is 4.98. The molecule has 0 aromatic carbocycles. The zero-order valence-electron chi connectivity index (χ0n) is 8.31. The SMILES string of the molecule is CC1OCCC12CCC(C)(CI)O2.